The van der Waals surface area contributed by atoms with E-state index in [0.29, 0.717) is 5.75 Å². The minimum Gasteiger partial charge on any atom is -0.483 e. The number of allylic oxidation sites excluding steroid dienone is 1. The van der Waals surface area contributed by atoms with Crippen molar-refractivity contribution in [2.45, 2.75) is 6.92 Å². The number of carbonyl (C=O) groups excluding carboxylic acids is 1. The van der Waals surface area contributed by atoms with E-state index in [-0.39, 0.29) is 12.4 Å². The number of benzene rings is 1. The van der Waals surface area contributed by atoms with Gasteiger partial charge in [-0.2, -0.15) is 0 Å². The molecule has 1 aromatic heterocycles. The van der Waals surface area contributed by atoms with Crippen LogP contribution in [-0.4, -0.2) is 23.4 Å². The Hall–Kier alpha value is -2.89. The van der Waals surface area contributed by atoms with Crippen molar-refractivity contribution in [3.05, 3.63) is 48.7 Å². The summed E-state index contributed by atoms with van der Waals surface area (Å²) in [6, 6.07) is 9.37. The van der Waals surface area contributed by atoms with Gasteiger partial charge in [0.15, 0.2) is 5.84 Å². The van der Waals surface area contributed by atoms with E-state index in [2.05, 4.69) is 15.0 Å². The number of rotatable bonds is 5. The molecule has 0 aliphatic heterocycles. The van der Waals surface area contributed by atoms with Crippen molar-refractivity contribution in [3.8, 4) is 5.75 Å². The standard InChI is InChI=1S/C15H15N3O3/c1-2-5-14(19)21-18-13(16)10-20-12-8-3-6-11-7-4-9-17-15(11)12/h2-9H,10H2,1H3,(H2,16,18)/b5-2+. The monoisotopic (exact) mass is 285 g/mol. The smallest absolute Gasteiger partial charge is 0.358 e. The molecule has 2 rings (SSSR count). The number of oxime groups is 1. The normalized spacial score (nSPS) is 11.8. The maximum atomic E-state index is 11.1. The summed E-state index contributed by atoms with van der Waals surface area (Å²) in [5, 5.41) is 4.45. The summed E-state index contributed by atoms with van der Waals surface area (Å²) in [7, 11) is 0. The lowest BCUT2D eigenvalue weighted by atomic mass is 10.2. The molecule has 2 aromatic rings. The Morgan fingerprint density at radius 3 is 3.00 bits per heavy atom. The highest BCUT2D eigenvalue weighted by Gasteiger charge is 2.04. The van der Waals surface area contributed by atoms with Crippen LogP contribution in [0.3, 0.4) is 0 Å². The second-order valence-corrected chi connectivity index (χ2v) is 4.11. The van der Waals surface area contributed by atoms with Crippen LogP contribution in [0, 0.1) is 0 Å². The summed E-state index contributed by atoms with van der Waals surface area (Å²) >= 11 is 0. The highest BCUT2D eigenvalue weighted by atomic mass is 16.7. The van der Waals surface area contributed by atoms with Crippen LogP contribution in [0.1, 0.15) is 6.92 Å². The number of amidine groups is 1. The van der Waals surface area contributed by atoms with Gasteiger partial charge in [-0.15, -0.1) is 0 Å². The van der Waals surface area contributed by atoms with Crippen LogP contribution in [0.2, 0.25) is 0 Å². The SMILES string of the molecule is C/C=C/C(=O)O/N=C(\N)COc1cccc2cccnc12. The maximum Gasteiger partial charge on any atom is 0.358 e. The highest BCUT2D eigenvalue weighted by Crippen LogP contribution is 2.22. The van der Waals surface area contributed by atoms with E-state index in [1.807, 2.05) is 24.3 Å². The molecule has 0 fully saturated rings. The Morgan fingerprint density at radius 1 is 1.38 bits per heavy atom. The number of para-hydroxylation sites is 1. The van der Waals surface area contributed by atoms with E-state index >= 15 is 0 Å². The number of fused-ring (bicyclic) bond motifs is 1. The summed E-state index contributed by atoms with van der Waals surface area (Å²) in [4.78, 5) is 19.9. The Balaban J connectivity index is 2.01. The van der Waals surface area contributed by atoms with Crippen molar-refractivity contribution >= 4 is 22.7 Å². The third kappa shape index (κ3) is 4.04. The van der Waals surface area contributed by atoms with Crippen LogP contribution in [-0.2, 0) is 9.63 Å². The number of nitrogens with zero attached hydrogens (tertiary/aromatic N) is 2. The largest absolute Gasteiger partial charge is 0.483 e. The molecule has 6 nitrogen and oxygen atoms in total. The zero-order valence-corrected chi connectivity index (χ0v) is 11.5. The van der Waals surface area contributed by atoms with Gasteiger partial charge in [-0.3, -0.25) is 4.98 Å². The molecule has 21 heavy (non-hydrogen) atoms. The van der Waals surface area contributed by atoms with Gasteiger partial charge in [0.25, 0.3) is 0 Å². The van der Waals surface area contributed by atoms with Gasteiger partial charge in [0, 0.05) is 17.7 Å². The second-order valence-electron chi connectivity index (χ2n) is 4.11. The molecule has 0 amide bonds. The van der Waals surface area contributed by atoms with E-state index in [0.717, 1.165) is 10.9 Å². The van der Waals surface area contributed by atoms with Gasteiger partial charge in [0.05, 0.1) is 0 Å². The molecule has 108 valence electrons. The molecule has 0 radical (unpaired) electrons. The lowest BCUT2D eigenvalue weighted by Gasteiger charge is -2.07. The van der Waals surface area contributed by atoms with Gasteiger partial charge >= 0.3 is 5.97 Å². The molecule has 0 aliphatic carbocycles. The number of hydrogen-bond donors (Lipinski definition) is 1. The number of aromatic nitrogens is 1. The highest BCUT2D eigenvalue weighted by molar-refractivity contribution is 5.86. The molecule has 1 aromatic carbocycles. The Kier molecular flexibility index (Phi) is 4.87. The fourth-order valence-corrected chi connectivity index (χ4v) is 1.64. The predicted octanol–water partition coefficient (Wildman–Crippen LogP) is 2.01. The molecule has 0 aliphatic rings. The molecular weight excluding hydrogens is 270 g/mol. The first-order chi connectivity index (χ1) is 10.2. The molecule has 0 saturated heterocycles. The van der Waals surface area contributed by atoms with Crippen molar-refractivity contribution in [2.75, 3.05) is 6.61 Å². The Labute approximate surface area is 121 Å². The van der Waals surface area contributed by atoms with Gasteiger partial charge < -0.3 is 15.3 Å². The van der Waals surface area contributed by atoms with Gasteiger partial charge in [-0.1, -0.05) is 29.4 Å². The van der Waals surface area contributed by atoms with E-state index in [1.165, 1.54) is 6.08 Å². The quantitative estimate of drug-likeness (QED) is 0.298. The summed E-state index contributed by atoms with van der Waals surface area (Å²) in [6.45, 7) is 1.70. The molecular formula is C15H15N3O3. The van der Waals surface area contributed by atoms with Crippen LogP contribution in [0.15, 0.2) is 53.8 Å². The summed E-state index contributed by atoms with van der Waals surface area (Å²) in [5.74, 6) is 0.0547. The van der Waals surface area contributed by atoms with Gasteiger partial charge in [0.2, 0.25) is 0 Å². The van der Waals surface area contributed by atoms with Gasteiger partial charge in [-0.05, 0) is 19.1 Å². The van der Waals surface area contributed by atoms with Crippen molar-refractivity contribution < 1.29 is 14.4 Å². The molecule has 0 saturated carbocycles. The van der Waals surface area contributed by atoms with Crippen molar-refractivity contribution in [3.63, 3.8) is 0 Å². The van der Waals surface area contributed by atoms with E-state index in [4.69, 9.17) is 10.5 Å². The molecule has 0 unspecified atom stereocenters. The first-order valence-corrected chi connectivity index (χ1v) is 6.33. The lowest BCUT2D eigenvalue weighted by Crippen LogP contribution is -2.22. The Bertz CT molecular complexity index is 690. The summed E-state index contributed by atoms with van der Waals surface area (Å²) in [6.07, 6.45) is 4.48. The predicted molar refractivity (Wildman–Crippen MR) is 79.8 cm³/mol. The fraction of sp³-hybridized carbons (Fsp3) is 0.133. The van der Waals surface area contributed by atoms with Crippen molar-refractivity contribution in [2.24, 2.45) is 10.9 Å². The van der Waals surface area contributed by atoms with Crippen LogP contribution < -0.4 is 10.5 Å². The number of hydrogen-bond acceptors (Lipinski definition) is 5. The van der Waals surface area contributed by atoms with E-state index < -0.39 is 5.97 Å². The number of carbonyl (C=O) groups is 1. The molecule has 0 atom stereocenters. The maximum absolute atomic E-state index is 11.1. The van der Waals surface area contributed by atoms with Crippen LogP contribution >= 0.6 is 0 Å². The molecule has 0 spiro atoms. The summed E-state index contributed by atoms with van der Waals surface area (Å²) < 4.78 is 5.55. The molecule has 1 heterocycles. The van der Waals surface area contributed by atoms with Crippen molar-refractivity contribution in [1.82, 2.24) is 4.98 Å². The zero-order valence-electron chi connectivity index (χ0n) is 11.5. The first kappa shape index (κ1) is 14.5. The average Bonchev–Trinajstić information content (AvgIpc) is 2.51. The van der Waals surface area contributed by atoms with Crippen LogP contribution in [0.25, 0.3) is 10.9 Å². The number of pyridine rings is 1. The van der Waals surface area contributed by atoms with E-state index in [1.54, 1.807) is 25.3 Å². The number of nitrogens with two attached hydrogens (primary N) is 1. The Morgan fingerprint density at radius 2 is 2.19 bits per heavy atom. The second kappa shape index (κ2) is 7.04. The average molecular weight is 285 g/mol. The van der Waals surface area contributed by atoms with Crippen LogP contribution in [0.4, 0.5) is 0 Å². The van der Waals surface area contributed by atoms with Gasteiger partial charge in [0.1, 0.15) is 17.9 Å². The van der Waals surface area contributed by atoms with Crippen LogP contribution in [0.5, 0.6) is 5.75 Å². The molecule has 6 heteroatoms. The minimum atomic E-state index is -0.590. The number of ether oxygens (including phenoxy) is 1. The van der Waals surface area contributed by atoms with Gasteiger partial charge in [-0.25, -0.2) is 4.79 Å². The third-order valence-corrected chi connectivity index (χ3v) is 2.53. The zero-order chi connectivity index (χ0) is 15.1. The lowest BCUT2D eigenvalue weighted by molar-refractivity contribution is -0.137. The first-order valence-electron chi connectivity index (χ1n) is 6.33. The third-order valence-electron chi connectivity index (χ3n) is 2.53. The van der Waals surface area contributed by atoms with Crippen molar-refractivity contribution in [1.29, 1.82) is 0 Å². The minimum absolute atomic E-state index is 0.00118. The summed E-state index contributed by atoms with van der Waals surface area (Å²) in [5.41, 5.74) is 6.35. The molecule has 0 bridgehead atoms. The van der Waals surface area contributed by atoms with E-state index in [9.17, 15) is 4.79 Å². The fourth-order valence-electron chi connectivity index (χ4n) is 1.64. The topological polar surface area (TPSA) is 86.8 Å². The molecule has 2 N–H and O–H groups in total.